The fourth-order valence-electron chi connectivity index (χ4n) is 2.44. The number of carboxylic acid groups (broad SMARTS) is 1. The first-order chi connectivity index (χ1) is 11.8. The maximum absolute atomic E-state index is 13.0. The quantitative estimate of drug-likeness (QED) is 0.840. The summed E-state index contributed by atoms with van der Waals surface area (Å²) in [5.74, 6) is -2.37. The van der Waals surface area contributed by atoms with E-state index in [1.807, 2.05) is 13.8 Å². The molecule has 2 N–H and O–H groups in total. The largest absolute Gasteiger partial charge is 0.481 e. The van der Waals surface area contributed by atoms with Gasteiger partial charge in [0.1, 0.15) is 11.6 Å². The SMILES string of the molecule is Cc1ncc(C(=O)NCC(C(=O)O)c2ccc(F)cc2)c(C(C)C)n1. The summed E-state index contributed by atoms with van der Waals surface area (Å²) in [5, 5.41) is 12.0. The molecule has 25 heavy (non-hydrogen) atoms. The minimum Gasteiger partial charge on any atom is -0.481 e. The summed E-state index contributed by atoms with van der Waals surface area (Å²) in [7, 11) is 0. The predicted molar refractivity (Wildman–Crippen MR) is 90.0 cm³/mol. The molecule has 1 heterocycles. The van der Waals surface area contributed by atoms with E-state index in [2.05, 4.69) is 15.3 Å². The third-order valence-electron chi connectivity index (χ3n) is 3.77. The summed E-state index contributed by atoms with van der Waals surface area (Å²) in [4.78, 5) is 32.3. The standard InChI is InChI=1S/C18H20FN3O3/c1-10(2)16-15(9-20-11(3)22-16)17(23)21-8-14(18(24)25)12-4-6-13(19)7-5-12/h4-7,9-10,14H,8H2,1-3H3,(H,21,23)(H,24,25). The van der Waals surface area contributed by atoms with E-state index >= 15 is 0 Å². The van der Waals surface area contributed by atoms with E-state index in [1.54, 1.807) is 6.92 Å². The van der Waals surface area contributed by atoms with E-state index < -0.39 is 23.6 Å². The fourth-order valence-corrected chi connectivity index (χ4v) is 2.44. The summed E-state index contributed by atoms with van der Waals surface area (Å²) < 4.78 is 13.0. The third kappa shape index (κ3) is 4.59. The molecule has 0 bridgehead atoms. The third-order valence-corrected chi connectivity index (χ3v) is 3.77. The maximum Gasteiger partial charge on any atom is 0.312 e. The van der Waals surface area contributed by atoms with Crippen LogP contribution in [0, 0.1) is 12.7 Å². The minimum absolute atomic E-state index is 0.0230. The Labute approximate surface area is 145 Å². The fraction of sp³-hybridized carbons (Fsp3) is 0.333. The second-order valence-corrected chi connectivity index (χ2v) is 6.02. The van der Waals surface area contributed by atoms with Gasteiger partial charge in [0.05, 0.1) is 17.2 Å². The van der Waals surface area contributed by atoms with Gasteiger partial charge in [0.2, 0.25) is 0 Å². The number of hydrogen-bond donors (Lipinski definition) is 2. The Bertz CT molecular complexity index is 776. The van der Waals surface area contributed by atoms with Crippen molar-refractivity contribution in [3.63, 3.8) is 0 Å². The van der Waals surface area contributed by atoms with Crippen molar-refractivity contribution in [1.29, 1.82) is 0 Å². The number of amides is 1. The van der Waals surface area contributed by atoms with Gasteiger partial charge in [-0.1, -0.05) is 26.0 Å². The number of nitrogens with one attached hydrogen (secondary N) is 1. The highest BCUT2D eigenvalue weighted by molar-refractivity contribution is 5.95. The highest BCUT2D eigenvalue weighted by atomic mass is 19.1. The number of rotatable bonds is 6. The Kier molecular flexibility index (Phi) is 5.80. The first-order valence-corrected chi connectivity index (χ1v) is 7.89. The van der Waals surface area contributed by atoms with Crippen LogP contribution >= 0.6 is 0 Å². The van der Waals surface area contributed by atoms with Gasteiger partial charge in [-0.25, -0.2) is 14.4 Å². The van der Waals surface area contributed by atoms with Crippen LogP contribution in [0.25, 0.3) is 0 Å². The van der Waals surface area contributed by atoms with Crippen LogP contribution in [0.5, 0.6) is 0 Å². The molecule has 6 nitrogen and oxygen atoms in total. The van der Waals surface area contributed by atoms with Crippen LogP contribution in [-0.2, 0) is 4.79 Å². The molecular formula is C18H20FN3O3. The molecule has 0 saturated heterocycles. The zero-order valence-electron chi connectivity index (χ0n) is 14.3. The molecule has 2 aromatic rings. The molecular weight excluding hydrogens is 325 g/mol. The van der Waals surface area contributed by atoms with Crippen LogP contribution in [0.4, 0.5) is 4.39 Å². The number of hydrogen-bond acceptors (Lipinski definition) is 4. The molecule has 0 radical (unpaired) electrons. The summed E-state index contributed by atoms with van der Waals surface area (Å²) in [6, 6.07) is 5.18. The van der Waals surface area contributed by atoms with Gasteiger partial charge in [-0.05, 0) is 30.5 Å². The minimum atomic E-state index is -1.10. The van der Waals surface area contributed by atoms with Gasteiger partial charge in [0, 0.05) is 12.7 Å². The van der Waals surface area contributed by atoms with Crippen LogP contribution < -0.4 is 5.32 Å². The smallest absolute Gasteiger partial charge is 0.312 e. The first-order valence-electron chi connectivity index (χ1n) is 7.89. The van der Waals surface area contributed by atoms with Crippen molar-refractivity contribution in [3.05, 3.63) is 58.9 Å². The van der Waals surface area contributed by atoms with Gasteiger partial charge >= 0.3 is 5.97 Å². The molecule has 1 aromatic carbocycles. The van der Waals surface area contributed by atoms with E-state index in [1.165, 1.54) is 30.5 Å². The average molecular weight is 345 g/mol. The average Bonchev–Trinajstić information content (AvgIpc) is 2.56. The molecule has 0 aliphatic rings. The molecule has 0 saturated carbocycles. The van der Waals surface area contributed by atoms with Crippen LogP contribution in [0.3, 0.4) is 0 Å². The lowest BCUT2D eigenvalue weighted by molar-refractivity contribution is -0.138. The molecule has 0 fully saturated rings. The number of carbonyl (C=O) groups excluding carboxylic acids is 1. The summed E-state index contributed by atoms with van der Waals surface area (Å²) in [6.45, 7) is 5.45. The lowest BCUT2D eigenvalue weighted by atomic mass is 9.98. The van der Waals surface area contributed by atoms with Crippen molar-refractivity contribution in [1.82, 2.24) is 15.3 Å². The van der Waals surface area contributed by atoms with Crippen LogP contribution in [0.15, 0.2) is 30.5 Å². The van der Waals surface area contributed by atoms with Gasteiger partial charge in [-0.3, -0.25) is 9.59 Å². The van der Waals surface area contributed by atoms with Crippen LogP contribution in [0.1, 0.15) is 53.1 Å². The van der Waals surface area contributed by atoms with Crippen molar-refractivity contribution in [2.45, 2.75) is 32.6 Å². The van der Waals surface area contributed by atoms with Gasteiger partial charge in [0.25, 0.3) is 5.91 Å². The first kappa shape index (κ1) is 18.5. The van der Waals surface area contributed by atoms with Crippen LogP contribution in [0.2, 0.25) is 0 Å². The van der Waals surface area contributed by atoms with E-state index in [0.717, 1.165) is 0 Å². The van der Waals surface area contributed by atoms with Gasteiger partial charge in [-0.15, -0.1) is 0 Å². The van der Waals surface area contributed by atoms with E-state index in [-0.39, 0.29) is 12.5 Å². The lowest BCUT2D eigenvalue weighted by Gasteiger charge is -2.16. The molecule has 0 aliphatic carbocycles. The lowest BCUT2D eigenvalue weighted by Crippen LogP contribution is -2.32. The van der Waals surface area contributed by atoms with Crippen molar-refractivity contribution in [3.8, 4) is 0 Å². The number of benzene rings is 1. The number of carboxylic acids is 1. The number of aliphatic carboxylic acids is 1. The molecule has 1 amide bonds. The molecule has 2 rings (SSSR count). The molecule has 1 aromatic heterocycles. The Balaban J connectivity index is 2.17. The Hall–Kier alpha value is -2.83. The number of aromatic nitrogens is 2. The molecule has 0 spiro atoms. The topological polar surface area (TPSA) is 92.2 Å². The van der Waals surface area contributed by atoms with E-state index in [9.17, 15) is 19.1 Å². The predicted octanol–water partition coefficient (Wildman–Crippen LogP) is 2.65. The van der Waals surface area contributed by atoms with Crippen molar-refractivity contribution in [2.75, 3.05) is 6.54 Å². The summed E-state index contributed by atoms with van der Waals surface area (Å²) in [6.07, 6.45) is 1.45. The molecule has 1 unspecified atom stereocenters. The highest BCUT2D eigenvalue weighted by Crippen LogP contribution is 2.18. The van der Waals surface area contributed by atoms with Gasteiger partial charge < -0.3 is 10.4 Å². The maximum atomic E-state index is 13.0. The number of halogens is 1. The van der Waals surface area contributed by atoms with Crippen molar-refractivity contribution < 1.29 is 19.1 Å². The second-order valence-electron chi connectivity index (χ2n) is 6.02. The van der Waals surface area contributed by atoms with Crippen molar-refractivity contribution >= 4 is 11.9 Å². The molecule has 1 atom stereocenters. The molecule has 0 aliphatic heterocycles. The van der Waals surface area contributed by atoms with Crippen LogP contribution in [-0.4, -0.2) is 33.5 Å². The Morgan fingerprint density at radius 3 is 2.44 bits per heavy atom. The van der Waals surface area contributed by atoms with Gasteiger partial charge in [-0.2, -0.15) is 0 Å². The normalized spacial score (nSPS) is 12.0. The highest BCUT2D eigenvalue weighted by Gasteiger charge is 2.22. The monoisotopic (exact) mass is 345 g/mol. The number of carbonyl (C=O) groups is 2. The van der Waals surface area contributed by atoms with E-state index in [0.29, 0.717) is 22.6 Å². The zero-order valence-corrected chi connectivity index (χ0v) is 14.3. The summed E-state index contributed by atoms with van der Waals surface area (Å²) in [5.41, 5.74) is 1.35. The number of nitrogens with zero attached hydrogens (tertiary/aromatic N) is 2. The van der Waals surface area contributed by atoms with E-state index in [4.69, 9.17) is 0 Å². The Morgan fingerprint density at radius 2 is 1.88 bits per heavy atom. The van der Waals surface area contributed by atoms with Gasteiger partial charge in [0.15, 0.2) is 0 Å². The molecule has 7 heteroatoms. The Morgan fingerprint density at radius 1 is 1.24 bits per heavy atom. The summed E-state index contributed by atoms with van der Waals surface area (Å²) >= 11 is 0. The zero-order chi connectivity index (χ0) is 18.6. The van der Waals surface area contributed by atoms with Crippen molar-refractivity contribution in [2.24, 2.45) is 0 Å². The molecule has 132 valence electrons. The second kappa shape index (κ2) is 7.83. The number of aryl methyl sites for hydroxylation is 1.